The van der Waals surface area contributed by atoms with Gasteiger partial charge in [0.2, 0.25) is 0 Å². The zero-order valence-electron chi connectivity index (χ0n) is 16.4. The summed E-state index contributed by atoms with van der Waals surface area (Å²) in [4.78, 5) is 20.0. The Labute approximate surface area is 165 Å². The molecular weight excluding hydrogens is 356 g/mol. The van der Waals surface area contributed by atoms with Crippen LogP contribution in [0.2, 0.25) is 0 Å². The van der Waals surface area contributed by atoms with Gasteiger partial charge < -0.3 is 19.8 Å². The summed E-state index contributed by atoms with van der Waals surface area (Å²) in [5.74, 6) is -1.83. The molecule has 0 spiro atoms. The molecule has 0 bridgehead atoms. The van der Waals surface area contributed by atoms with Crippen LogP contribution in [0.3, 0.4) is 0 Å². The Hall–Kier alpha value is -0.528. The van der Waals surface area contributed by atoms with E-state index >= 15 is 0 Å². The normalized spacial score (nSPS) is 9.68. The number of carbonyl (C=O) groups excluding carboxylic acids is 2. The summed E-state index contributed by atoms with van der Waals surface area (Å²) in [5, 5.41) is 20.0. The Morgan fingerprint density at radius 1 is 0.520 bits per heavy atom. The molecule has 25 heavy (non-hydrogen) atoms. The molecule has 0 aromatic rings. The minimum absolute atomic E-state index is 0. The number of hydrogen-bond acceptors (Lipinski definition) is 4. The van der Waals surface area contributed by atoms with E-state index in [1.54, 1.807) is 0 Å². The molecule has 0 aliphatic rings. The number of unbranched alkanes of at least 4 members (excludes halogenated alkanes) is 12. The second-order valence-electron chi connectivity index (χ2n) is 6.49. The summed E-state index contributed by atoms with van der Waals surface area (Å²) in [6.07, 6.45) is 16.7. The number of hydrogen-bond donors (Lipinski definition) is 0. The smallest absolute Gasteiger partial charge is 0.550 e. The van der Waals surface area contributed by atoms with E-state index in [1.807, 2.05) is 0 Å². The predicted octanol–water partition coefficient (Wildman–Crippen LogP) is 3.75. The van der Waals surface area contributed by atoms with Crippen LogP contribution in [0.15, 0.2) is 0 Å². The maximum Gasteiger partial charge on any atom is 3.00 e. The van der Waals surface area contributed by atoms with Crippen molar-refractivity contribution in [3.05, 3.63) is 0 Å². The number of carbonyl (C=O) groups is 2. The second-order valence-corrected chi connectivity index (χ2v) is 6.49. The van der Waals surface area contributed by atoms with Crippen LogP contribution in [0.4, 0.5) is 0 Å². The van der Waals surface area contributed by atoms with Crippen molar-refractivity contribution in [1.82, 2.24) is 0 Å². The summed E-state index contributed by atoms with van der Waals surface area (Å²) in [5.41, 5.74) is 0. The van der Waals surface area contributed by atoms with E-state index < -0.39 is 11.9 Å². The molecule has 4 nitrogen and oxygen atoms in total. The Balaban J connectivity index is -0.000000372. The van der Waals surface area contributed by atoms with Crippen LogP contribution in [0.25, 0.3) is 0 Å². The fraction of sp³-hybridized carbons (Fsp3) is 0.900. The summed E-state index contributed by atoms with van der Waals surface area (Å²) in [6, 6.07) is 0. The van der Waals surface area contributed by atoms with Gasteiger partial charge in [0.05, 0.1) is 0 Å². The van der Waals surface area contributed by atoms with Crippen molar-refractivity contribution in [2.24, 2.45) is 0 Å². The maximum atomic E-state index is 10.0. The van der Waals surface area contributed by atoms with E-state index in [4.69, 9.17) is 0 Å². The number of rotatable bonds is 16. The molecule has 0 aromatic carbocycles. The largest absolute Gasteiger partial charge is 3.00 e. The van der Waals surface area contributed by atoms with E-state index in [0.29, 0.717) is 0 Å². The van der Waals surface area contributed by atoms with Crippen molar-refractivity contribution in [2.45, 2.75) is 117 Å². The standard InChI is InChI=1S/2C10H20O2.Cr/c2*1-2-3-4-5-6-7-8-9-10(11)12;/h2*2-9H2,1H3,(H,11,12);/q;;+3/p-2. The first-order valence-corrected chi connectivity index (χ1v) is 9.94. The van der Waals surface area contributed by atoms with Gasteiger partial charge in [-0.05, 0) is 25.7 Å². The number of aliphatic carboxylic acids is 2. The van der Waals surface area contributed by atoms with Crippen LogP contribution in [-0.4, -0.2) is 11.9 Å². The van der Waals surface area contributed by atoms with Crippen LogP contribution in [0.5, 0.6) is 0 Å². The topological polar surface area (TPSA) is 80.3 Å². The van der Waals surface area contributed by atoms with Crippen LogP contribution < -0.4 is 10.2 Å². The molecule has 0 saturated heterocycles. The van der Waals surface area contributed by atoms with Crippen molar-refractivity contribution in [2.75, 3.05) is 0 Å². The third-order valence-electron chi connectivity index (χ3n) is 3.97. The summed E-state index contributed by atoms with van der Waals surface area (Å²) >= 11 is 0. The van der Waals surface area contributed by atoms with Crippen molar-refractivity contribution in [1.29, 1.82) is 0 Å². The van der Waals surface area contributed by atoms with Crippen molar-refractivity contribution in [3.63, 3.8) is 0 Å². The van der Waals surface area contributed by atoms with Gasteiger partial charge in [-0.15, -0.1) is 0 Å². The van der Waals surface area contributed by atoms with E-state index in [9.17, 15) is 19.8 Å². The molecule has 0 N–H and O–H groups in total. The van der Waals surface area contributed by atoms with Gasteiger partial charge in [-0.3, -0.25) is 0 Å². The zero-order chi connectivity index (χ0) is 18.5. The Morgan fingerprint density at radius 2 is 0.760 bits per heavy atom. The average molecular weight is 395 g/mol. The molecule has 0 unspecified atom stereocenters. The Kier molecular flexibility index (Phi) is 30.1. The SMILES string of the molecule is CCCCCCCCCC(=O)[O-].CCCCCCCCCC(=O)[O-].[Cr+3]. The molecule has 0 heterocycles. The van der Waals surface area contributed by atoms with Gasteiger partial charge in [-0.25, -0.2) is 0 Å². The monoisotopic (exact) mass is 394 g/mol. The van der Waals surface area contributed by atoms with Gasteiger partial charge in [0, 0.05) is 11.9 Å². The summed E-state index contributed by atoms with van der Waals surface area (Å²) < 4.78 is 0. The molecule has 5 heteroatoms. The van der Waals surface area contributed by atoms with E-state index in [-0.39, 0.29) is 30.2 Å². The summed E-state index contributed by atoms with van der Waals surface area (Å²) in [6.45, 7) is 4.38. The average Bonchev–Trinajstić information content (AvgIpc) is 2.53. The van der Waals surface area contributed by atoms with Gasteiger partial charge in [0.25, 0.3) is 0 Å². The maximum absolute atomic E-state index is 10.0. The fourth-order valence-electron chi connectivity index (χ4n) is 2.45. The first-order valence-electron chi connectivity index (χ1n) is 9.94. The quantitative estimate of drug-likeness (QED) is 0.373. The van der Waals surface area contributed by atoms with Crippen LogP contribution in [0, 0.1) is 0 Å². The van der Waals surface area contributed by atoms with Crippen LogP contribution in [0.1, 0.15) is 117 Å². The molecule has 0 aromatic heterocycles. The number of carboxylic acids is 2. The Bertz CT molecular complexity index is 255. The zero-order valence-corrected chi connectivity index (χ0v) is 17.6. The van der Waals surface area contributed by atoms with Gasteiger partial charge in [0.1, 0.15) is 0 Å². The van der Waals surface area contributed by atoms with Crippen molar-refractivity contribution >= 4 is 11.9 Å². The molecule has 0 atom stereocenters. The summed E-state index contributed by atoms with van der Waals surface area (Å²) in [7, 11) is 0. The molecule has 147 valence electrons. The van der Waals surface area contributed by atoms with Crippen molar-refractivity contribution < 1.29 is 37.2 Å². The van der Waals surface area contributed by atoms with Gasteiger partial charge in [-0.2, -0.15) is 0 Å². The molecule has 0 aliphatic heterocycles. The minimum atomic E-state index is -0.913. The first-order chi connectivity index (χ1) is 11.5. The first kappa shape index (κ1) is 29.2. The predicted molar refractivity (Wildman–Crippen MR) is 95.2 cm³/mol. The minimum Gasteiger partial charge on any atom is -0.550 e. The van der Waals surface area contributed by atoms with Gasteiger partial charge >= 0.3 is 17.4 Å². The fourth-order valence-corrected chi connectivity index (χ4v) is 2.45. The van der Waals surface area contributed by atoms with Crippen molar-refractivity contribution in [3.8, 4) is 0 Å². The van der Waals surface area contributed by atoms with Crippen LogP contribution in [-0.2, 0) is 27.0 Å². The third kappa shape index (κ3) is 35.4. The van der Waals surface area contributed by atoms with E-state index in [0.717, 1.165) is 25.7 Å². The van der Waals surface area contributed by atoms with E-state index in [1.165, 1.54) is 64.2 Å². The third-order valence-corrected chi connectivity index (χ3v) is 3.97. The molecule has 0 fully saturated rings. The molecular formula is C20H38CrO4+. The van der Waals surface area contributed by atoms with Gasteiger partial charge in [0.15, 0.2) is 0 Å². The second kappa shape index (κ2) is 25.7. The molecule has 0 rings (SSSR count). The van der Waals surface area contributed by atoms with E-state index in [2.05, 4.69) is 13.8 Å². The molecule has 0 aliphatic carbocycles. The molecule has 0 amide bonds. The van der Waals surface area contributed by atoms with Crippen LogP contribution >= 0.6 is 0 Å². The van der Waals surface area contributed by atoms with Gasteiger partial charge in [-0.1, -0.05) is 90.9 Å². The number of carboxylic acid groups (broad SMARTS) is 2. The Morgan fingerprint density at radius 3 is 1.00 bits per heavy atom. The molecule has 0 saturated carbocycles. The molecule has 1 radical (unpaired) electrons.